The first-order valence-electron chi connectivity index (χ1n) is 8.38. The second kappa shape index (κ2) is 6.11. The van der Waals surface area contributed by atoms with E-state index in [1.54, 1.807) is 18.4 Å². The lowest BCUT2D eigenvalue weighted by Gasteiger charge is -2.01. The van der Waals surface area contributed by atoms with Crippen LogP contribution in [0.1, 0.15) is 0 Å². The molecule has 0 bridgehead atoms. The molecule has 3 heterocycles. The van der Waals surface area contributed by atoms with Gasteiger partial charge in [-0.3, -0.25) is 0 Å². The zero-order valence-corrected chi connectivity index (χ0v) is 16.3. The maximum Gasteiger partial charge on any atom is 0.213 e. The number of methoxy groups -OCH3 is 1. The molecule has 0 atom stereocenters. The van der Waals surface area contributed by atoms with E-state index in [-0.39, 0.29) is 0 Å². The molecular weight excluding hydrogens is 380 g/mol. The molecule has 3 aromatic heterocycles. The number of hydrogen-bond donors (Lipinski definition) is 0. The van der Waals surface area contributed by atoms with Gasteiger partial charge in [0.2, 0.25) is 4.96 Å². The topological polar surface area (TPSA) is 44.4 Å². The van der Waals surface area contributed by atoms with Gasteiger partial charge in [-0.05, 0) is 30.3 Å². The highest BCUT2D eigenvalue weighted by atomic mass is 35.5. The van der Waals surface area contributed by atoms with Crippen LogP contribution >= 0.6 is 22.9 Å². The zero-order chi connectivity index (χ0) is 18.5. The summed E-state index contributed by atoms with van der Waals surface area (Å²) in [6, 6.07) is 13.8. The Labute approximate surface area is 164 Å². The van der Waals surface area contributed by atoms with Crippen LogP contribution in [0.5, 0.6) is 5.75 Å². The number of benzene rings is 2. The smallest absolute Gasteiger partial charge is 0.213 e. The van der Waals surface area contributed by atoms with Gasteiger partial charge in [0.05, 0.1) is 19.0 Å². The van der Waals surface area contributed by atoms with E-state index < -0.39 is 0 Å². The molecule has 134 valence electrons. The van der Waals surface area contributed by atoms with Crippen molar-refractivity contribution in [1.29, 1.82) is 0 Å². The first kappa shape index (κ1) is 16.4. The van der Waals surface area contributed by atoms with E-state index >= 15 is 0 Å². The van der Waals surface area contributed by atoms with Crippen molar-refractivity contribution in [3.05, 3.63) is 59.9 Å². The lowest BCUT2D eigenvalue weighted by Crippen LogP contribution is -1.84. The number of nitrogens with zero attached hydrogens (tertiary/aromatic N) is 4. The Kier molecular flexibility index (Phi) is 3.70. The van der Waals surface area contributed by atoms with E-state index in [2.05, 4.69) is 10.8 Å². The van der Waals surface area contributed by atoms with E-state index in [4.69, 9.17) is 26.4 Å². The van der Waals surface area contributed by atoms with Crippen LogP contribution in [0, 0.1) is 0 Å². The first-order valence-corrected chi connectivity index (χ1v) is 9.57. The first-order chi connectivity index (χ1) is 13.1. The fourth-order valence-corrected chi connectivity index (χ4v) is 4.34. The fraction of sp³-hybridized carbons (Fsp3) is 0.100. The van der Waals surface area contributed by atoms with Crippen LogP contribution < -0.4 is 4.74 Å². The molecule has 0 aliphatic carbocycles. The quantitative estimate of drug-likeness (QED) is 0.418. The molecule has 5 rings (SSSR count). The summed E-state index contributed by atoms with van der Waals surface area (Å²) in [4.78, 5) is 5.59. The zero-order valence-electron chi connectivity index (χ0n) is 14.7. The van der Waals surface area contributed by atoms with Gasteiger partial charge in [-0.1, -0.05) is 35.1 Å². The summed E-state index contributed by atoms with van der Waals surface area (Å²) in [7, 11) is 3.69. The van der Waals surface area contributed by atoms with Crippen LogP contribution in [-0.2, 0) is 7.05 Å². The third kappa shape index (κ3) is 2.69. The van der Waals surface area contributed by atoms with Crippen molar-refractivity contribution in [2.45, 2.75) is 0 Å². The second-order valence-electron chi connectivity index (χ2n) is 6.31. The summed E-state index contributed by atoms with van der Waals surface area (Å²) in [5.41, 5.74) is 4.07. The van der Waals surface area contributed by atoms with Gasteiger partial charge < -0.3 is 9.30 Å². The van der Waals surface area contributed by atoms with E-state index in [1.165, 1.54) is 0 Å². The largest absolute Gasteiger partial charge is 0.497 e. The normalized spacial score (nSPS) is 11.5. The van der Waals surface area contributed by atoms with Crippen LogP contribution in [0.4, 0.5) is 0 Å². The minimum absolute atomic E-state index is 0.719. The molecule has 0 saturated heterocycles. The molecular formula is C20H15ClN4OS. The summed E-state index contributed by atoms with van der Waals surface area (Å²) >= 11 is 7.77. The molecule has 5 aromatic rings. The molecule has 0 radical (unpaired) electrons. The van der Waals surface area contributed by atoms with Gasteiger partial charge in [0.15, 0.2) is 0 Å². The number of ether oxygens (including phenoxy) is 1. The van der Waals surface area contributed by atoms with E-state index in [0.29, 0.717) is 0 Å². The predicted octanol–water partition coefficient (Wildman–Crippen LogP) is 5.28. The molecule has 0 fully saturated rings. The average Bonchev–Trinajstić information content (AvgIpc) is 3.33. The molecule has 0 spiro atoms. The van der Waals surface area contributed by atoms with Gasteiger partial charge in [0.1, 0.15) is 10.8 Å². The Morgan fingerprint density at radius 2 is 2.00 bits per heavy atom. The summed E-state index contributed by atoms with van der Waals surface area (Å²) < 4.78 is 9.22. The van der Waals surface area contributed by atoms with Crippen LogP contribution in [0.25, 0.3) is 37.7 Å². The summed E-state index contributed by atoms with van der Waals surface area (Å²) in [6.07, 6.45) is 4.03. The molecule has 0 aliphatic heterocycles. The van der Waals surface area contributed by atoms with E-state index in [9.17, 15) is 0 Å². The number of hydrogen-bond acceptors (Lipinski definition) is 4. The third-order valence-electron chi connectivity index (χ3n) is 4.59. The number of rotatable bonds is 3. The molecule has 0 unspecified atom stereocenters. The third-order valence-corrected chi connectivity index (χ3v) is 5.78. The van der Waals surface area contributed by atoms with Crippen molar-refractivity contribution in [3.8, 4) is 27.6 Å². The number of aryl methyl sites for hydroxylation is 1. The maximum atomic E-state index is 6.20. The Balaban J connectivity index is 1.61. The van der Waals surface area contributed by atoms with Gasteiger partial charge >= 0.3 is 0 Å². The highest BCUT2D eigenvalue weighted by molar-refractivity contribution is 7.20. The predicted molar refractivity (Wildman–Crippen MR) is 110 cm³/mol. The minimum atomic E-state index is 0.719. The van der Waals surface area contributed by atoms with Gasteiger partial charge in [0.25, 0.3) is 0 Å². The average molecular weight is 395 g/mol. The Hall–Kier alpha value is -2.83. The summed E-state index contributed by atoms with van der Waals surface area (Å²) in [6.45, 7) is 0. The second-order valence-corrected chi connectivity index (χ2v) is 7.70. The van der Waals surface area contributed by atoms with Crippen LogP contribution in [-0.4, -0.2) is 26.3 Å². The van der Waals surface area contributed by atoms with Crippen molar-refractivity contribution in [3.63, 3.8) is 0 Å². The molecule has 0 aliphatic rings. The van der Waals surface area contributed by atoms with Crippen molar-refractivity contribution < 1.29 is 4.74 Å². The van der Waals surface area contributed by atoms with E-state index in [0.717, 1.165) is 48.5 Å². The van der Waals surface area contributed by atoms with Crippen molar-refractivity contribution >= 4 is 38.8 Å². The van der Waals surface area contributed by atoms with Crippen LogP contribution in [0.2, 0.25) is 5.02 Å². The number of aromatic nitrogens is 4. The van der Waals surface area contributed by atoms with Gasteiger partial charge in [-0.25, -0.2) is 9.50 Å². The summed E-state index contributed by atoms with van der Waals surface area (Å²) in [5, 5.41) is 7.48. The minimum Gasteiger partial charge on any atom is -0.497 e. The molecule has 2 aromatic carbocycles. The van der Waals surface area contributed by atoms with Crippen molar-refractivity contribution in [1.82, 2.24) is 19.2 Å². The van der Waals surface area contributed by atoms with Crippen molar-refractivity contribution in [2.75, 3.05) is 7.11 Å². The molecule has 0 amide bonds. The van der Waals surface area contributed by atoms with E-state index in [1.807, 2.05) is 60.2 Å². The van der Waals surface area contributed by atoms with Crippen LogP contribution in [0.3, 0.4) is 0 Å². The lowest BCUT2D eigenvalue weighted by atomic mass is 10.1. The molecule has 5 nitrogen and oxygen atoms in total. The Morgan fingerprint density at radius 3 is 2.81 bits per heavy atom. The Bertz CT molecular complexity index is 1270. The monoisotopic (exact) mass is 394 g/mol. The van der Waals surface area contributed by atoms with Gasteiger partial charge in [-0.15, -0.1) is 0 Å². The standard InChI is InChI=1S/C20H15ClN4OS/c1-24-10-16(15-9-13(21)6-7-18(15)24)19-23-25-11-17(22-20(25)27-19)12-4-3-5-14(8-12)26-2/h3-11H,1-2H3. The molecule has 27 heavy (non-hydrogen) atoms. The lowest BCUT2D eigenvalue weighted by molar-refractivity contribution is 0.415. The Morgan fingerprint density at radius 1 is 1.11 bits per heavy atom. The van der Waals surface area contributed by atoms with Gasteiger partial charge in [-0.2, -0.15) is 5.10 Å². The fourth-order valence-electron chi connectivity index (χ4n) is 3.27. The highest BCUT2D eigenvalue weighted by Crippen LogP contribution is 2.35. The SMILES string of the molecule is COc1cccc(-c2cn3nc(-c4cn(C)c5ccc(Cl)cc45)sc3n2)c1. The molecule has 0 N–H and O–H groups in total. The highest BCUT2D eigenvalue weighted by Gasteiger charge is 2.16. The van der Waals surface area contributed by atoms with Crippen LogP contribution in [0.15, 0.2) is 54.9 Å². The number of fused-ring (bicyclic) bond motifs is 2. The van der Waals surface area contributed by atoms with Gasteiger partial charge in [0, 0.05) is 40.3 Å². The number of halogens is 1. The number of imidazole rings is 1. The maximum absolute atomic E-state index is 6.20. The summed E-state index contributed by atoms with van der Waals surface area (Å²) in [5.74, 6) is 0.810. The molecule has 7 heteroatoms. The molecule has 0 saturated carbocycles. The van der Waals surface area contributed by atoms with Crippen molar-refractivity contribution in [2.24, 2.45) is 7.05 Å².